The lowest BCUT2D eigenvalue weighted by atomic mass is 10.1. The summed E-state index contributed by atoms with van der Waals surface area (Å²) >= 11 is 1.74. The molecule has 2 aliphatic heterocycles. The van der Waals surface area contributed by atoms with Gasteiger partial charge in [-0.3, -0.25) is 4.90 Å². The Morgan fingerprint density at radius 1 is 1.33 bits per heavy atom. The fourth-order valence-electron chi connectivity index (χ4n) is 3.23. The number of para-hydroxylation sites is 2. The van der Waals surface area contributed by atoms with Gasteiger partial charge in [0, 0.05) is 24.5 Å². The Balaban J connectivity index is 1.80. The van der Waals surface area contributed by atoms with E-state index < -0.39 is 0 Å². The van der Waals surface area contributed by atoms with Crippen LogP contribution in [0.25, 0.3) is 0 Å². The molecule has 2 aromatic rings. The van der Waals surface area contributed by atoms with E-state index in [1.807, 2.05) is 25.2 Å². The maximum Gasteiger partial charge on any atom is 0.139 e. The molecular formula is C18H20N4OS. The molecule has 0 saturated carbocycles. The average molecular weight is 340 g/mol. The predicted molar refractivity (Wildman–Crippen MR) is 99.0 cm³/mol. The molecule has 2 aliphatic rings. The van der Waals surface area contributed by atoms with Crippen LogP contribution in [0.15, 0.2) is 35.3 Å². The van der Waals surface area contributed by atoms with Crippen LogP contribution in [0.5, 0.6) is 0 Å². The minimum Gasteiger partial charge on any atom is -0.353 e. The number of anilines is 2. The van der Waals surface area contributed by atoms with Gasteiger partial charge in [-0.1, -0.05) is 12.1 Å². The van der Waals surface area contributed by atoms with E-state index in [1.165, 1.54) is 4.88 Å². The number of likely N-dealkylation sites (N-methyl/N-ethyl adjacent to an activating group) is 1. The van der Waals surface area contributed by atoms with Crippen molar-refractivity contribution in [3.63, 3.8) is 0 Å². The van der Waals surface area contributed by atoms with Gasteiger partial charge in [0.2, 0.25) is 0 Å². The third kappa shape index (κ3) is 2.61. The summed E-state index contributed by atoms with van der Waals surface area (Å²) in [5.41, 5.74) is 3.09. The van der Waals surface area contributed by atoms with E-state index >= 15 is 0 Å². The number of fused-ring (bicyclic) bond motifs is 2. The molecule has 1 aromatic heterocycles. The first-order chi connectivity index (χ1) is 11.7. The van der Waals surface area contributed by atoms with Gasteiger partial charge < -0.3 is 15.0 Å². The number of carbonyl (C=O) groups is 1. The van der Waals surface area contributed by atoms with Crippen LogP contribution in [-0.2, 0) is 4.79 Å². The molecule has 0 radical (unpaired) electrons. The number of hydrogen-bond donors (Lipinski definition) is 1. The average Bonchev–Trinajstić information content (AvgIpc) is 2.87. The lowest BCUT2D eigenvalue weighted by molar-refractivity contribution is -0.113. The minimum absolute atomic E-state index is 0.0870. The zero-order chi connectivity index (χ0) is 16.7. The number of aldehydes is 1. The first-order valence-corrected chi connectivity index (χ1v) is 8.93. The Kier molecular flexibility index (Phi) is 3.86. The Morgan fingerprint density at radius 2 is 2.17 bits per heavy atom. The van der Waals surface area contributed by atoms with Crippen LogP contribution in [0.1, 0.15) is 10.4 Å². The van der Waals surface area contributed by atoms with Crippen LogP contribution in [0, 0.1) is 6.92 Å². The molecule has 6 heteroatoms. The topological polar surface area (TPSA) is 47.9 Å². The van der Waals surface area contributed by atoms with Crippen LogP contribution in [0.4, 0.5) is 16.4 Å². The van der Waals surface area contributed by atoms with Crippen molar-refractivity contribution in [1.82, 2.24) is 9.80 Å². The maximum atomic E-state index is 11.4. The number of benzene rings is 1. The highest BCUT2D eigenvalue weighted by Crippen LogP contribution is 2.39. The molecular weight excluding hydrogens is 320 g/mol. The van der Waals surface area contributed by atoms with Crippen LogP contribution < -0.4 is 5.32 Å². The highest BCUT2D eigenvalue weighted by molar-refractivity contribution is 7.16. The van der Waals surface area contributed by atoms with Crippen LogP contribution >= 0.6 is 11.3 Å². The number of piperazine rings is 1. The summed E-state index contributed by atoms with van der Waals surface area (Å²) in [5, 5.41) is 4.65. The highest BCUT2D eigenvalue weighted by Gasteiger charge is 2.29. The molecule has 3 heterocycles. The standard InChI is InChI=1S/C18H20N4OS/c1-12-9-14-17(22-8-7-21(2)13(10-22)11-23)19-15-5-3-4-6-16(15)20-18(14)24-12/h3-6,9,11,13,20H,7-8,10H2,1-2H3. The van der Waals surface area contributed by atoms with Gasteiger partial charge in [0.05, 0.1) is 23.0 Å². The SMILES string of the molecule is Cc1cc2c(s1)Nc1ccccc1N=C2N1CCN(C)C(C=O)C1. The number of rotatable bonds is 1. The number of nitrogens with one attached hydrogen (secondary N) is 1. The monoisotopic (exact) mass is 340 g/mol. The van der Waals surface area contributed by atoms with Crippen LogP contribution in [-0.4, -0.2) is 54.6 Å². The summed E-state index contributed by atoms with van der Waals surface area (Å²) in [6.45, 7) is 4.52. The van der Waals surface area contributed by atoms with Gasteiger partial charge in [0.25, 0.3) is 0 Å². The number of carbonyl (C=O) groups excluding carboxylic acids is 1. The normalized spacial score (nSPS) is 20.5. The number of hydrogen-bond acceptors (Lipinski definition) is 6. The van der Waals surface area contributed by atoms with Gasteiger partial charge in [0.1, 0.15) is 17.1 Å². The predicted octanol–water partition coefficient (Wildman–Crippen LogP) is 3.01. The Hall–Kier alpha value is -2.18. The second kappa shape index (κ2) is 6.03. The Bertz CT molecular complexity index is 813. The first kappa shape index (κ1) is 15.4. The molecule has 24 heavy (non-hydrogen) atoms. The van der Waals surface area contributed by atoms with Crippen molar-refractivity contribution in [3.8, 4) is 0 Å². The van der Waals surface area contributed by atoms with Crippen LogP contribution in [0.3, 0.4) is 0 Å². The van der Waals surface area contributed by atoms with E-state index in [0.717, 1.165) is 47.2 Å². The third-order valence-electron chi connectivity index (χ3n) is 4.63. The summed E-state index contributed by atoms with van der Waals surface area (Å²) in [4.78, 5) is 22.0. The summed E-state index contributed by atoms with van der Waals surface area (Å²) in [6.07, 6.45) is 1.04. The maximum absolute atomic E-state index is 11.4. The smallest absolute Gasteiger partial charge is 0.139 e. The van der Waals surface area contributed by atoms with E-state index in [4.69, 9.17) is 4.99 Å². The van der Waals surface area contributed by atoms with Crippen molar-refractivity contribution >= 4 is 39.8 Å². The number of aliphatic imine (C=N–C) groups is 1. The Labute approximate surface area is 145 Å². The molecule has 0 aliphatic carbocycles. The summed E-state index contributed by atoms with van der Waals surface area (Å²) in [6, 6.07) is 10.2. The Morgan fingerprint density at radius 3 is 3.00 bits per heavy atom. The molecule has 1 aromatic carbocycles. The lowest BCUT2D eigenvalue weighted by Crippen LogP contribution is -2.54. The second-order valence-corrected chi connectivity index (χ2v) is 7.56. The highest BCUT2D eigenvalue weighted by atomic mass is 32.1. The van der Waals surface area contributed by atoms with Crippen molar-refractivity contribution in [3.05, 3.63) is 40.8 Å². The number of nitrogens with zero attached hydrogens (tertiary/aromatic N) is 3. The fraction of sp³-hybridized carbons (Fsp3) is 0.333. The van der Waals surface area contributed by atoms with E-state index in [-0.39, 0.29) is 6.04 Å². The summed E-state index contributed by atoms with van der Waals surface area (Å²) < 4.78 is 0. The molecule has 1 saturated heterocycles. The van der Waals surface area contributed by atoms with Gasteiger partial charge in [-0.15, -0.1) is 11.3 Å². The fourth-order valence-corrected chi connectivity index (χ4v) is 4.15. The molecule has 1 atom stereocenters. The molecule has 1 unspecified atom stereocenters. The molecule has 1 N–H and O–H groups in total. The van der Waals surface area contributed by atoms with E-state index in [1.54, 1.807) is 11.3 Å². The quantitative estimate of drug-likeness (QED) is 0.811. The summed E-state index contributed by atoms with van der Waals surface area (Å²) in [5.74, 6) is 0.965. The van der Waals surface area contributed by atoms with Gasteiger partial charge in [-0.05, 0) is 32.2 Å². The van der Waals surface area contributed by atoms with Gasteiger partial charge in [0.15, 0.2) is 0 Å². The van der Waals surface area contributed by atoms with Crippen molar-refractivity contribution < 1.29 is 4.79 Å². The number of thiophene rings is 1. The number of amidine groups is 1. The van der Waals surface area contributed by atoms with Crippen molar-refractivity contribution in [1.29, 1.82) is 0 Å². The first-order valence-electron chi connectivity index (χ1n) is 8.12. The summed E-state index contributed by atoms with van der Waals surface area (Å²) in [7, 11) is 2.00. The molecule has 0 bridgehead atoms. The van der Waals surface area contributed by atoms with Gasteiger partial charge in [-0.2, -0.15) is 0 Å². The van der Waals surface area contributed by atoms with Gasteiger partial charge >= 0.3 is 0 Å². The molecule has 1 fully saturated rings. The van der Waals surface area contributed by atoms with E-state index in [9.17, 15) is 4.79 Å². The van der Waals surface area contributed by atoms with Crippen molar-refractivity contribution in [2.75, 3.05) is 32.0 Å². The second-order valence-electron chi connectivity index (χ2n) is 6.31. The molecule has 4 rings (SSSR count). The zero-order valence-electron chi connectivity index (χ0n) is 13.8. The van der Waals surface area contributed by atoms with Crippen LogP contribution in [0.2, 0.25) is 0 Å². The largest absolute Gasteiger partial charge is 0.353 e. The third-order valence-corrected chi connectivity index (χ3v) is 5.59. The van der Waals surface area contributed by atoms with E-state index in [0.29, 0.717) is 6.54 Å². The van der Waals surface area contributed by atoms with E-state index in [2.05, 4.69) is 34.2 Å². The number of aryl methyl sites for hydroxylation is 1. The lowest BCUT2D eigenvalue weighted by Gasteiger charge is -2.38. The molecule has 0 spiro atoms. The molecule has 5 nitrogen and oxygen atoms in total. The van der Waals surface area contributed by atoms with Gasteiger partial charge in [-0.25, -0.2) is 4.99 Å². The molecule has 0 amide bonds. The van der Waals surface area contributed by atoms with Crippen molar-refractivity contribution in [2.45, 2.75) is 13.0 Å². The zero-order valence-corrected chi connectivity index (χ0v) is 14.6. The minimum atomic E-state index is -0.0870. The molecule has 124 valence electrons. The van der Waals surface area contributed by atoms with Crippen molar-refractivity contribution in [2.24, 2.45) is 4.99 Å².